The molecule has 2 aliphatic heterocycles. The van der Waals surface area contributed by atoms with Gasteiger partial charge in [-0.1, -0.05) is 31.5 Å². The number of hydrogen-bond acceptors (Lipinski definition) is 8. The summed E-state index contributed by atoms with van der Waals surface area (Å²) in [5.41, 5.74) is 1.80. The quantitative estimate of drug-likeness (QED) is 0.268. The van der Waals surface area contributed by atoms with E-state index in [-0.39, 0.29) is 5.91 Å². The molecule has 0 aromatic heterocycles. The van der Waals surface area contributed by atoms with Gasteiger partial charge in [0.05, 0.1) is 39.3 Å². The van der Waals surface area contributed by atoms with Crippen LogP contribution in [0.2, 0.25) is 0 Å². The number of hydroxylamine groups is 1. The molecule has 0 unspecified atom stereocenters. The Labute approximate surface area is 227 Å². The number of anilines is 2. The highest BCUT2D eigenvalue weighted by Gasteiger charge is 2.61. The van der Waals surface area contributed by atoms with Crippen molar-refractivity contribution in [3.63, 3.8) is 0 Å². The molecule has 39 heavy (non-hydrogen) atoms. The molecular weight excluding hydrogens is 500 g/mol. The SMILES string of the molecule is CCCCOc1ccc(N2C(=O)[C@H]3[C@@H](ON(c4ccccc4)[C@H]3c3ccc(OC)c(OC)c3OC)C2=O)cc1. The van der Waals surface area contributed by atoms with Crippen molar-refractivity contribution in [3.05, 3.63) is 72.3 Å². The summed E-state index contributed by atoms with van der Waals surface area (Å²) in [5, 5.41) is 1.62. The molecule has 3 aromatic rings. The van der Waals surface area contributed by atoms with E-state index >= 15 is 0 Å². The van der Waals surface area contributed by atoms with Gasteiger partial charge >= 0.3 is 0 Å². The minimum atomic E-state index is -1.01. The lowest BCUT2D eigenvalue weighted by Gasteiger charge is -2.30. The van der Waals surface area contributed by atoms with Crippen molar-refractivity contribution in [1.29, 1.82) is 0 Å². The number of benzene rings is 3. The molecule has 3 atom stereocenters. The number of imide groups is 1. The molecule has 0 N–H and O–H groups in total. The van der Waals surface area contributed by atoms with Crippen molar-refractivity contribution in [3.8, 4) is 23.0 Å². The van der Waals surface area contributed by atoms with Crippen molar-refractivity contribution in [2.75, 3.05) is 37.9 Å². The molecular formula is C30H32N2O7. The Kier molecular flexibility index (Phi) is 7.60. The predicted molar refractivity (Wildman–Crippen MR) is 145 cm³/mol. The maximum Gasteiger partial charge on any atom is 0.266 e. The normalized spacial score (nSPS) is 20.3. The fraction of sp³-hybridized carbons (Fsp3) is 0.333. The van der Waals surface area contributed by atoms with Crippen LogP contribution in [0.5, 0.6) is 23.0 Å². The summed E-state index contributed by atoms with van der Waals surface area (Å²) in [7, 11) is 4.59. The number of fused-ring (bicyclic) bond motifs is 1. The lowest BCUT2D eigenvalue weighted by molar-refractivity contribution is -0.126. The number of carbonyl (C=O) groups is 2. The highest BCUT2D eigenvalue weighted by atomic mass is 16.7. The monoisotopic (exact) mass is 532 g/mol. The van der Waals surface area contributed by atoms with Crippen LogP contribution in [0, 0.1) is 5.92 Å². The number of methoxy groups -OCH3 is 3. The summed E-state index contributed by atoms with van der Waals surface area (Å²) in [6, 6.07) is 19.2. The number of rotatable bonds is 10. The van der Waals surface area contributed by atoms with Gasteiger partial charge in [0, 0.05) is 5.56 Å². The van der Waals surface area contributed by atoms with Gasteiger partial charge in [-0.2, -0.15) is 0 Å². The Hall–Kier alpha value is -4.24. The van der Waals surface area contributed by atoms with Gasteiger partial charge in [0.1, 0.15) is 17.7 Å². The first kappa shape index (κ1) is 26.4. The fourth-order valence-electron chi connectivity index (χ4n) is 5.17. The molecule has 9 heteroatoms. The molecule has 2 amide bonds. The van der Waals surface area contributed by atoms with Crippen LogP contribution in [0.25, 0.3) is 0 Å². The minimum absolute atomic E-state index is 0.357. The van der Waals surface area contributed by atoms with Crippen molar-refractivity contribution < 1.29 is 33.4 Å². The molecule has 5 rings (SSSR count). The first-order valence-electron chi connectivity index (χ1n) is 12.9. The number of para-hydroxylation sites is 1. The molecule has 2 aliphatic rings. The summed E-state index contributed by atoms with van der Waals surface area (Å²) in [5.74, 6) is 0.352. The fourth-order valence-corrected chi connectivity index (χ4v) is 5.17. The molecule has 2 fully saturated rings. The predicted octanol–water partition coefficient (Wildman–Crippen LogP) is 4.94. The van der Waals surface area contributed by atoms with E-state index in [1.54, 1.807) is 42.5 Å². The van der Waals surface area contributed by atoms with Crippen molar-refractivity contribution in [2.45, 2.75) is 31.9 Å². The molecule has 0 aliphatic carbocycles. The Morgan fingerprint density at radius 2 is 1.51 bits per heavy atom. The Morgan fingerprint density at radius 3 is 2.15 bits per heavy atom. The van der Waals surface area contributed by atoms with Crippen molar-refractivity contribution >= 4 is 23.2 Å². The maximum absolute atomic E-state index is 14.0. The number of unbranched alkanes of at least 4 members (excludes halogenated alkanes) is 1. The topological polar surface area (TPSA) is 86.8 Å². The highest BCUT2D eigenvalue weighted by molar-refractivity contribution is 6.24. The number of ether oxygens (including phenoxy) is 4. The second kappa shape index (κ2) is 11.2. The zero-order valence-corrected chi connectivity index (χ0v) is 22.5. The Bertz CT molecular complexity index is 1330. The van der Waals surface area contributed by atoms with Crippen LogP contribution in [0.3, 0.4) is 0 Å². The van der Waals surface area contributed by atoms with Gasteiger partial charge in [0.15, 0.2) is 17.6 Å². The van der Waals surface area contributed by atoms with E-state index < -0.39 is 24.0 Å². The zero-order chi connectivity index (χ0) is 27.5. The Balaban J connectivity index is 1.55. The highest BCUT2D eigenvalue weighted by Crippen LogP contribution is 2.52. The van der Waals surface area contributed by atoms with Gasteiger partial charge in [0.2, 0.25) is 11.7 Å². The van der Waals surface area contributed by atoms with Crippen molar-refractivity contribution in [1.82, 2.24) is 0 Å². The van der Waals surface area contributed by atoms with Crippen LogP contribution < -0.4 is 28.9 Å². The smallest absolute Gasteiger partial charge is 0.266 e. The first-order valence-corrected chi connectivity index (χ1v) is 12.9. The summed E-state index contributed by atoms with van der Waals surface area (Å²) >= 11 is 0. The molecule has 0 saturated carbocycles. The summed E-state index contributed by atoms with van der Waals surface area (Å²) in [4.78, 5) is 35.1. The third kappa shape index (κ3) is 4.63. The second-order valence-electron chi connectivity index (χ2n) is 9.29. The van der Waals surface area contributed by atoms with E-state index in [0.29, 0.717) is 46.5 Å². The summed E-state index contributed by atoms with van der Waals surface area (Å²) < 4.78 is 22.6. The van der Waals surface area contributed by atoms with Gasteiger partial charge in [-0.05, 0) is 55.0 Å². The number of amides is 2. The summed E-state index contributed by atoms with van der Waals surface area (Å²) in [6.07, 6.45) is 0.967. The van der Waals surface area contributed by atoms with Crippen LogP contribution in [0.15, 0.2) is 66.7 Å². The van der Waals surface area contributed by atoms with Gasteiger partial charge < -0.3 is 18.9 Å². The van der Waals surface area contributed by atoms with E-state index in [0.717, 1.165) is 12.8 Å². The van der Waals surface area contributed by atoms with Gasteiger partial charge in [-0.15, -0.1) is 0 Å². The average Bonchev–Trinajstić information content (AvgIpc) is 3.48. The van der Waals surface area contributed by atoms with Crippen LogP contribution >= 0.6 is 0 Å². The third-order valence-corrected chi connectivity index (χ3v) is 7.04. The van der Waals surface area contributed by atoms with E-state index in [1.165, 1.54) is 19.1 Å². The van der Waals surface area contributed by atoms with E-state index in [1.807, 2.05) is 36.4 Å². The van der Waals surface area contributed by atoms with Crippen LogP contribution in [-0.2, 0) is 14.4 Å². The van der Waals surface area contributed by atoms with Gasteiger partial charge in [0.25, 0.3) is 5.91 Å². The molecule has 0 radical (unpaired) electrons. The van der Waals surface area contributed by atoms with Gasteiger partial charge in [-0.3, -0.25) is 14.4 Å². The summed E-state index contributed by atoms with van der Waals surface area (Å²) in [6.45, 7) is 2.71. The largest absolute Gasteiger partial charge is 0.494 e. The van der Waals surface area contributed by atoms with E-state index in [4.69, 9.17) is 23.8 Å². The second-order valence-corrected chi connectivity index (χ2v) is 9.29. The van der Waals surface area contributed by atoms with Crippen LogP contribution in [-0.4, -0.2) is 45.9 Å². The average molecular weight is 533 g/mol. The van der Waals surface area contributed by atoms with E-state index in [9.17, 15) is 9.59 Å². The zero-order valence-electron chi connectivity index (χ0n) is 22.5. The molecule has 2 heterocycles. The van der Waals surface area contributed by atoms with E-state index in [2.05, 4.69) is 6.92 Å². The van der Waals surface area contributed by atoms with Crippen LogP contribution in [0.1, 0.15) is 31.4 Å². The van der Waals surface area contributed by atoms with Crippen molar-refractivity contribution in [2.24, 2.45) is 5.92 Å². The molecule has 3 aromatic carbocycles. The lowest BCUT2D eigenvalue weighted by Crippen LogP contribution is -2.37. The molecule has 9 nitrogen and oxygen atoms in total. The standard InChI is InChI=1S/C30H32N2O7/c1-5-6-18-38-21-14-12-19(13-15-21)31-29(33)24-25(22-16-17-23(35-2)27(37-4)26(22)36-3)32(39-28(24)30(31)34)20-10-8-7-9-11-20/h7-17,24-25,28H,5-6,18H2,1-4H3/t24-,25+,28-/m1/s1. The number of nitrogens with zero attached hydrogens (tertiary/aromatic N) is 2. The first-order chi connectivity index (χ1) is 19.0. The molecule has 2 saturated heterocycles. The minimum Gasteiger partial charge on any atom is -0.494 e. The number of carbonyl (C=O) groups excluding carboxylic acids is 2. The molecule has 0 spiro atoms. The lowest BCUT2D eigenvalue weighted by atomic mass is 9.89. The molecule has 204 valence electrons. The Morgan fingerprint density at radius 1 is 0.795 bits per heavy atom. The maximum atomic E-state index is 14.0. The number of hydrogen-bond donors (Lipinski definition) is 0. The third-order valence-electron chi connectivity index (χ3n) is 7.04. The van der Waals surface area contributed by atoms with Crippen LogP contribution in [0.4, 0.5) is 11.4 Å². The van der Waals surface area contributed by atoms with Gasteiger partial charge in [-0.25, -0.2) is 9.96 Å². The molecule has 0 bridgehead atoms.